The Kier molecular flexibility index (Phi) is 2.94. The molecular formula is C20H18N2S. The van der Waals surface area contributed by atoms with Gasteiger partial charge in [0.1, 0.15) is 0 Å². The third kappa shape index (κ3) is 2.15. The maximum Gasteiger partial charge on any atom is 0.0802 e. The van der Waals surface area contributed by atoms with Crippen molar-refractivity contribution < 1.29 is 0 Å². The van der Waals surface area contributed by atoms with E-state index in [0.29, 0.717) is 0 Å². The van der Waals surface area contributed by atoms with Crippen molar-refractivity contribution in [2.75, 3.05) is 19.6 Å². The van der Waals surface area contributed by atoms with Crippen molar-refractivity contribution in [3.05, 3.63) is 66.4 Å². The van der Waals surface area contributed by atoms with Crippen LogP contribution in [-0.4, -0.2) is 29.5 Å². The van der Waals surface area contributed by atoms with Crippen molar-refractivity contribution in [2.24, 2.45) is 0 Å². The van der Waals surface area contributed by atoms with Gasteiger partial charge in [0, 0.05) is 29.4 Å². The molecule has 114 valence electrons. The van der Waals surface area contributed by atoms with Gasteiger partial charge in [-0.2, -0.15) is 0 Å². The van der Waals surface area contributed by atoms with Crippen LogP contribution in [-0.2, 0) is 5.41 Å². The Bertz CT molecular complexity index is 860. The van der Waals surface area contributed by atoms with Gasteiger partial charge in [-0.3, -0.25) is 9.88 Å². The fourth-order valence-corrected chi connectivity index (χ4v) is 4.95. The maximum absolute atomic E-state index is 4.79. The third-order valence-electron chi connectivity index (χ3n) is 5.20. The van der Waals surface area contributed by atoms with Crippen LogP contribution < -0.4 is 0 Å². The normalized spacial score (nSPS) is 26.0. The van der Waals surface area contributed by atoms with Gasteiger partial charge in [0.05, 0.1) is 10.6 Å². The van der Waals surface area contributed by atoms with E-state index in [2.05, 4.69) is 65.7 Å². The molecule has 3 heteroatoms. The highest BCUT2D eigenvalue weighted by Crippen LogP contribution is 2.39. The molecule has 1 aromatic carbocycles. The number of pyridine rings is 1. The molecule has 2 aromatic heterocycles. The number of thiophene rings is 1. The Morgan fingerprint density at radius 1 is 1.13 bits per heavy atom. The van der Waals surface area contributed by atoms with Crippen molar-refractivity contribution in [1.82, 2.24) is 9.88 Å². The zero-order chi connectivity index (χ0) is 15.3. The molecule has 2 atom stereocenters. The van der Waals surface area contributed by atoms with Crippen molar-refractivity contribution in [2.45, 2.75) is 11.8 Å². The maximum atomic E-state index is 4.79. The van der Waals surface area contributed by atoms with Gasteiger partial charge in [0.15, 0.2) is 0 Å². The van der Waals surface area contributed by atoms with Crippen LogP contribution in [0.2, 0.25) is 0 Å². The number of aromatic nitrogens is 1. The molecule has 1 saturated heterocycles. The average molecular weight is 318 g/mol. The number of nitrogens with zero attached hydrogens (tertiary/aromatic N) is 2. The van der Waals surface area contributed by atoms with Gasteiger partial charge < -0.3 is 0 Å². The molecule has 2 unspecified atom stereocenters. The number of hydrogen-bond acceptors (Lipinski definition) is 3. The summed E-state index contributed by atoms with van der Waals surface area (Å²) in [6, 6.07) is 15.3. The molecule has 2 aliphatic heterocycles. The largest absolute Gasteiger partial charge is 0.298 e. The van der Waals surface area contributed by atoms with Gasteiger partial charge >= 0.3 is 0 Å². The van der Waals surface area contributed by atoms with Gasteiger partial charge in [0.2, 0.25) is 0 Å². The summed E-state index contributed by atoms with van der Waals surface area (Å²) in [5.41, 5.74) is 2.64. The van der Waals surface area contributed by atoms with Gasteiger partial charge in [0.25, 0.3) is 0 Å². The number of rotatable bonds is 2. The van der Waals surface area contributed by atoms with Crippen LogP contribution in [0.1, 0.15) is 12.0 Å². The summed E-state index contributed by atoms with van der Waals surface area (Å²) in [7, 11) is 0. The molecule has 0 saturated carbocycles. The first kappa shape index (κ1) is 13.5. The molecule has 0 N–H and O–H groups in total. The molecule has 0 amide bonds. The lowest BCUT2D eigenvalue weighted by Crippen LogP contribution is -2.33. The molecule has 2 nitrogen and oxygen atoms in total. The molecule has 3 aromatic rings. The summed E-state index contributed by atoms with van der Waals surface area (Å²) in [6.07, 6.45) is 8.04. The lowest BCUT2D eigenvalue weighted by molar-refractivity contribution is 0.345. The molecule has 2 aliphatic rings. The van der Waals surface area contributed by atoms with Crippen LogP contribution in [0.4, 0.5) is 0 Å². The quantitative estimate of drug-likeness (QED) is 0.648. The predicted octanol–water partition coefficient (Wildman–Crippen LogP) is 4.48. The SMILES string of the molecule is C1=CC2(c3ccc(-c4cc5ccccc5s4)nc3)CCN(C1)C2. The van der Waals surface area contributed by atoms with E-state index in [1.807, 2.05) is 11.3 Å². The van der Waals surface area contributed by atoms with Crippen molar-refractivity contribution in [3.63, 3.8) is 0 Å². The zero-order valence-electron chi connectivity index (χ0n) is 12.9. The number of benzene rings is 1. The van der Waals surface area contributed by atoms with E-state index in [9.17, 15) is 0 Å². The lowest BCUT2D eigenvalue weighted by atomic mass is 9.79. The van der Waals surface area contributed by atoms with E-state index in [4.69, 9.17) is 4.98 Å². The van der Waals surface area contributed by atoms with E-state index >= 15 is 0 Å². The first-order valence-corrected chi connectivity index (χ1v) is 9.00. The lowest BCUT2D eigenvalue weighted by Gasteiger charge is -2.29. The van der Waals surface area contributed by atoms with Gasteiger partial charge in [-0.15, -0.1) is 11.3 Å². The van der Waals surface area contributed by atoms with Crippen LogP contribution in [0, 0.1) is 0 Å². The zero-order valence-corrected chi connectivity index (χ0v) is 13.7. The molecule has 1 fully saturated rings. The minimum Gasteiger partial charge on any atom is -0.298 e. The third-order valence-corrected chi connectivity index (χ3v) is 6.34. The van der Waals surface area contributed by atoms with Crippen LogP contribution in [0.5, 0.6) is 0 Å². The summed E-state index contributed by atoms with van der Waals surface area (Å²) >= 11 is 1.82. The van der Waals surface area contributed by atoms with E-state index < -0.39 is 0 Å². The standard InChI is InChI=1S/C20H18N2S/c1-2-5-18-15(4-1)12-19(23-18)17-7-6-16(13-21-17)20-8-3-10-22(14-20)11-9-20/h1-8,12-13H,9-11,14H2. The molecule has 2 bridgehead atoms. The van der Waals surface area contributed by atoms with Crippen LogP contribution in [0.3, 0.4) is 0 Å². The first-order chi connectivity index (χ1) is 11.3. The minimum atomic E-state index is 0.198. The Morgan fingerprint density at radius 3 is 2.96 bits per heavy atom. The molecular weight excluding hydrogens is 300 g/mol. The Morgan fingerprint density at radius 2 is 2.09 bits per heavy atom. The molecule has 5 rings (SSSR count). The molecule has 0 radical (unpaired) electrons. The van der Waals surface area contributed by atoms with Crippen molar-refractivity contribution >= 4 is 21.4 Å². The summed E-state index contributed by atoms with van der Waals surface area (Å²) in [5.74, 6) is 0. The summed E-state index contributed by atoms with van der Waals surface area (Å²) < 4.78 is 1.33. The highest BCUT2D eigenvalue weighted by atomic mass is 32.1. The monoisotopic (exact) mass is 318 g/mol. The fraction of sp³-hybridized carbons (Fsp3) is 0.250. The smallest absolute Gasteiger partial charge is 0.0802 e. The Balaban J connectivity index is 1.52. The molecule has 0 aliphatic carbocycles. The van der Waals surface area contributed by atoms with Crippen molar-refractivity contribution in [3.8, 4) is 10.6 Å². The van der Waals surface area contributed by atoms with Gasteiger partial charge in [-0.25, -0.2) is 0 Å². The summed E-state index contributed by atoms with van der Waals surface area (Å²) in [5, 5.41) is 1.30. The predicted molar refractivity (Wildman–Crippen MR) is 96.9 cm³/mol. The number of fused-ring (bicyclic) bond motifs is 3. The average Bonchev–Trinajstić information content (AvgIpc) is 3.16. The molecule has 23 heavy (non-hydrogen) atoms. The fourth-order valence-electron chi connectivity index (χ4n) is 3.91. The minimum absolute atomic E-state index is 0.198. The van der Waals surface area contributed by atoms with E-state index in [1.54, 1.807) is 0 Å². The van der Waals surface area contributed by atoms with Crippen LogP contribution in [0.25, 0.3) is 20.7 Å². The van der Waals surface area contributed by atoms with Gasteiger partial charge in [-0.1, -0.05) is 36.4 Å². The highest BCUT2D eigenvalue weighted by molar-refractivity contribution is 7.22. The van der Waals surface area contributed by atoms with Crippen molar-refractivity contribution in [1.29, 1.82) is 0 Å². The van der Waals surface area contributed by atoms with E-state index in [0.717, 1.165) is 18.8 Å². The second-order valence-electron chi connectivity index (χ2n) is 6.62. The Labute approximate surface area is 140 Å². The van der Waals surface area contributed by atoms with Crippen LogP contribution in [0.15, 0.2) is 60.8 Å². The Hall–Kier alpha value is -1.97. The topological polar surface area (TPSA) is 16.1 Å². The second kappa shape index (κ2) is 5.02. The number of hydrogen-bond donors (Lipinski definition) is 0. The summed E-state index contributed by atoms with van der Waals surface area (Å²) in [6.45, 7) is 3.45. The summed E-state index contributed by atoms with van der Waals surface area (Å²) in [4.78, 5) is 8.57. The first-order valence-electron chi connectivity index (χ1n) is 8.18. The van der Waals surface area contributed by atoms with E-state index in [1.165, 1.54) is 33.5 Å². The second-order valence-corrected chi connectivity index (χ2v) is 7.71. The molecule has 4 heterocycles. The van der Waals surface area contributed by atoms with Crippen LogP contribution >= 0.6 is 11.3 Å². The van der Waals surface area contributed by atoms with Gasteiger partial charge in [-0.05, 0) is 42.1 Å². The molecule has 0 spiro atoms. The highest BCUT2D eigenvalue weighted by Gasteiger charge is 2.39. The van der Waals surface area contributed by atoms with E-state index in [-0.39, 0.29) is 5.41 Å².